The van der Waals surface area contributed by atoms with E-state index in [0.29, 0.717) is 12.4 Å². The van der Waals surface area contributed by atoms with E-state index < -0.39 is 0 Å². The number of benzene rings is 2. The van der Waals surface area contributed by atoms with Gasteiger partial charge in [0.05, 0.1) is 11.3 Å². The third-order valence-electron chi connectivity index (χ3n) is 5.29. The minimum Gasteiger partial charge on any atom is -0.306 e. The smallest absolute Gasteiger partial charge is 0.255 e. The molecule has 0 saturated heterocycles. The Morgan fingerprint density at radius 2 is 1.66 bits per heavy atom. The van der Waals surface area contributed by atoms with E-state index in [4.69, 9.17) is 4.98 Å². The van der Waals surface area contributed by atoms with Gasteiger partial charge in [-0.25, -0.2) is 4.98 Å². The van der Waals surface area contributed by atoms with Crippen molar-refractivity contribution in [1.82, 2.24) is 14.9 Å². The van der Waals surface area contributed by atoms with Crippen LogP contribution in [0, 0.1) is 0 Å². The van der Waals surface area contributed by atoms with E-state index in [9.17, 15) is 4.79 Å². The molecule has 5 rings (SSSR count). The second-order valence-corrected chi connectivity index (χ2v) is 8.47. The lowest BCUT2D eigenvalue weighted by molar-refractivity contribution is 0.244. The lowest BCUT2D eigenvalue weighted by atomic mass is 10.1. The average molecular weight is 400 g/mol. The molecule has 144 valence electrons. The van der Waals surface area contributed by atoms with Gasteiger partial charge in [-0.3, -0.25) is 9.69 Å². The summed E-state index contributed by atoms with van der Waals surface area (Å²) in [7, 11) is 0. The highest BCUT2D eigenvalue weighted by molar-refractivity contribution is 7.15. The van der Waals surface area contributed by atoms with Crippen LogP contribution in [0.2, 0.25) is 0 Å². The van der Waals surface area contributed by atoms with Gasteiger partial charge in [0.25, 0.3) is 5.56 Å². The Balaban J connectivity index is 1.34. The van der Waals surface area contributed by atoms with Crippen molar-refractivity contribution in [3.05, 3.63) is 99.3 Å². The molecule has 0 aliphatic carbocycles. The molecule has 2 aromatic heterocycles. The zero-order valence-electron chi connectivity index (χ0n) is 16.0. The standard InChI is InChI=1S/C24H21N3OS/c28-24-20-16-27(15-19-11-12-22(29-19)17-7-3-1-4-8-17)14-13-21(20)25-23(26-24)18-9-5-2-6-10-18/h1-12H,13-16H2,(H,25,26,28). The number of rotatable bonds is 4. The highest BCUT2D eigenvalue weighted by Crippen LogP contribution is 2.29. The van der Waals surface area contributed by atoms with Gasteiger partial charge in [-0.05, 0) is 17.7 Å². The van der Waals surface area contributed by atoms with Crippen LogP contribution >= 0.6 is 11.3 Å². The molecule has 0 unspecified atom stereocenters. The number of fused-ring (bicyclic) bond motifs is 1. The van der Waals surface area contributed by atoms with Crippen molar-refractivity contribution >= 4 is 11.3 Å². The summed E-state index contributed by atoms with van der Waals surface area (Å²) in [4.78, 5) is 25.4. The molecule has 0 bridgehead atoms. The zero-order valence-corrected chi connectivity index (χ0v) is 16.8. The first kappa shape index (κ1) is 18.0. The van der Waals surface area contributed by atoms with Gasteiger partial charge >= 0.3 is 0 Å². The van der Waals surface area contributed by atoms with Crippen LogP contribution in [0.15, 0.2) is 77.6 Å². The SMILES string of the molecule is O=c1[nH]c(-c2ccccc2)nc2c1CN(Cc1ccc(-c3ccccc3)s1)CC2. The lowest BCUT2D eigenvalue weighted by Crippen LogP contribution is -2.35. The molecule has 29 heavy (non-hydrogen) atoms. The molecule has 1 aliphatic heterocycles. The number of H-pyrrole nitrogens is 1. The Labute approximate surface area is 173 Å². The van der Waals surface area contributed by atoms with Gasteiger partial charge in [-0.15, -0.1) is 11.3 Å². The van der Waals surface area contributed by atoms with Crippen LogP contribution in [0.25, 0.3) is 21.8 Å². The van der Waals surface area contributed by atoms with Crippen molar-refractivity contribution in [2.75, 3.05) is 6.54 Å². The minimum absolute atomic E-state index is 0.0188. The maximum atomic E-state index is 12.7. The monoisotopic (exact) mass is 399 g/mol. The number of aromatic nitrogens is 2. The molecule has 4 aromatic rings. The van der Waals surface area contributed by atoms with Crippen molar-refractivity contribution < 1.29 is 0 Å². The predicted octanol–water partition coefficient (Wildman–Crippen LogP) is 4.72. The van der Waals surface area contributed by atoms with Gasteiger partial charge in [0.15, 0.2) is 0 Å². The molecule has 0 radical (unpaired) electrons. The topological polar surface area (TPSA) is 49.0 Å². The number of thiophene rings is 1. The molecule has 3 heterocycles. The Hall–Kier alpha value is -3.02. The Bertz CT molecular complexity index is 1180. The van der Waals surface area contributed by atoms with Crippen LogP contribution < -0.4 is 5.56 Å². The van der Waals surface area contributed by atoms with Crippen LogP contribution in [0.5, 0.6) is 0 Å². The normalized spacial score (nSPS) is 13.9. The summed E-state index contributed by atoms with van der Waals surface area (Å²) in [6, 6.07) is 24.7. The van der Waals surface area contributed by atoms with Gasteiger partial charge in [0.1, 0.15) is 5.82 Å². The van der Waals surface area contributed by atoms with Crippen molar-refractivity contribution in [3.8, 4) is 21.8 Å². The summed E-state index contributed by atoms with van der Waals surface area (Å²) in [5.74, 6) is 0.661. The van der Waals surface area contributed by atoms with E-state index in [2.05, 4.69) is 46.3 Å². The third-order valence-corrected chi connectivity index (χ3v) is 6.41. The van der Waals surface area contributed by atoms with Gasteiger partial charge in [-0.2, -0.15) is 0 Å². The summed E-state index contributed by atoms with van der Waals surface area (Å²) < 4.78 is 0. The first-order valence-electron chi connectivity index (χ1n) is 9.80. The molecule has 1 aliphatic rings. The van der Waals surface area contributed by atoms with E-state index in [1.807, 2.05) is 47.7 Å². The van der Waals surface area contributed by atoms with Gasteiger partial charge in [-0.1, -0.05) is 60.7 Å². The predicted molar refractivity (Wildman–Crippen MR) is 118 cm³/mol. The lowest BCUT2D eigenvalue weighted by Gasteiger charge is -2.27. The highest BCUT2D eigenvalue weighted by atomic mass is 32.1. The summed E-state index contributed by atoms with van der Waals surface area (Å²) >= 11 is 1.82. The summed E-state index contributed by atoms with van der Waals surface area (Å²) in [6.07, 6.45) is 0.802. The molecule has 1 N–H and O–H groups in total. The first-order valence-corrected chi connectivity index (χ1v) is 10.6. The molecule has 0 atom stereocenters. The number of aromatic amines is 1. The van der Waals surface area contributed by atoms with Crippen LogP contribution in [0.1, 0.15) is 16.1 Å². The maximum absolute atomic E-state index is 12.7. The van der Waals surface area contributed by atoms with Crippen molar-refractivity contribution in [2.24, 2.45) is 0 Å². The first-order chi connectivity index (χ1) is 14.3. The van der Waals surface area contributed by atoms with Crippen LogP contribution in [-0.4, -0.2) is 21.4 Å². The summed E-state index contributed by atoms with van der Waals surface area (Å²) in [6.45, 7) is 2.42. The van der Waals surface area contributed by atoms with Gasteiger partial charge in [0, 0.05) is 41.4 Å². The van der Waals surface area contributed by atoms with E-state index in [0.717, 1.165) is 36.3 Å². The van der Waals surface area contributed by atoms with E-state index >= 15 is 0 Å². The van der Waals surface area contributed by atoms with Crippen molar-refractivity contribution in [3.63, 3.8) is 0 Å². The van der Waals surface area contributed by atoms with Crippen LogP contribution in [-0.2, 0) is 19.5 Å². The third kappa shape index (κ3) is 3.79. The van der Waals surface area contributed by atoms with E-state index in [-0.39, 0.29) is 5.56 Å². The van der Waals surface area contributed by atoms with E-state index in [1.165, 1.54) is 15.3 Å². The number of nitrogens with one attached hydrogen (secondary N) is 1. The molecule has 5 heteroatoms. The summed E-state index contributed by atoms with van der Waals surface area (Å²) in [5, 5.41) is 0. The molecule has 2 aromatic carbocycles. The highest BCUT2D eigenvalue weighted by Gasteiger charge is 2.22. The molecule has 0 spiro atoms. The fourth-order valence-corrected chi connectivity index (χ4v) is 4.85. The summed E-state index contributed by atoms with van der Waals surface area (Å²) in [5.41, 5.74) is 3.91. The number of hydrogen-bond acceptors (Lipinski definition) is 4. The number of nitrogens with zero attached hydrogens (tertiary/aromatic N) is 2. The van der Waals surface area contributed by atoms with Crippen LogP contribution in [0.3, 0.4) is 0 Å². The van der Waals surface area contributed by atoms with Gasteiger partial charge < -0.3 is 4.98 Å². The minimum atomic E-state index is -0.0188. The Morgan fingerprint density at radius 1 is 0.931 bits per heavy atom. The molecular formula is C24H21N3OS. The molecular weight excluding hydrogens is 378 g/mol. The second-order valence-electron chi connectivity index (χ2n) is 7.30. The fraction of sp³-hybridized carbons (Fsp3) is 0.167. The average Bonchev–Trinajstić information content (AvgIpc) is 3.24. The van der Waals surface area contributed by atoms with Gasteiger partial charge in [0.2, 0.25) is 0 Å². The number of hydrogen-bond donors (Lipinski definition) is 1. The van der Waals surface area contributed by atoms with Crippen LogP contribution in [0.4, 0.5) is 0 Å². The molecule has 4 nitrogen and oxygen atoms in total. The fourth-order valence-electron chi connectivity index (χ4n) is 3.79. The Kier molecular flexibility index (Phi) is 4.84. The molecule has 0 saturated carbocycles. The quantitative estimate of drug-likeness (QED) is 0.540. The largest absolute Gasteiger partial charge is 0.306 e. The van der Waals surface area contributed by atoms with E-state index in [1.54, 1.807) is 0 Å². The Morgan fingerprint density at radius 3 is 2.41 bits per heavy atom. The second kappa shape index (κ2) is 7.78. The zero-order chi connectivity index (χ0) is 19.6. The van der Waals surface area contributed by atoms with Crippen molar-refractivity contribution in [1.29, 1.82) is 0 Å². The molecule has 0 fully saturated rings. The van der Waals surface area contributed by atoms with Crippen molar-refractivity contribution in [2.45, 2.75) is 19.5 Å². The molecule has 0 amide bonds. The maximum Gasteiger partial charge on any atom is 0.255 e.